The van der Waals surface area contributed by atoms with Gasteiger partial charge in [-0.25, -0.2) is 0 Å². The highest BCUT2D eigenvalue weighted by molar-refractivity contribution is 7.07. The Bertz CT molecular complexity index is 731. The molecule has 3 atom stereocenters. The highest BCUT2D eigenvalue weighted by Gasteiger charge is 2.39. The van der Waals surface area contributed by atoms with E-state index in [0.29, 0.717) is 34.3 Å². The van der Waals surface area contributed by atoms with E-state index in [4.69, 9.17) is 9.47 Å². The second-order valence-corrected chi connectivity index (χ2v) is 6.95. The predicted molar refractivity (Wildman–Crippen MR) is 91.0 cm³/mol. The number of fused-ring (bicyclic) bond motifs is 2. The molecule has 0 radical (unpaired) electrons. The third-order valence-corrected chi connectivity index (χ3v) is 5.36. The highest BCUT2D eigenvalue weighted by Crippen LogP contribution is 2.29. The fourth-order valence-corrected chi connectivity index (χ4v) is 3.92. The summed E-state index contributed by atoms with van der Waals surface area (Å²) >= 11 is 1.23. The van der Waals surface area contributed by atoms with E-state index in [1.165, 1.54) is 18.0 Å². The molecule has 24 heavy (non-hydrogen) atoms. The van der Waals surface area contributed by atoms with Crippen molar-refractivity contribution in [3.05, 3.63) is 35.9 Å². The molecule has 1 amide bonds. The third kappa shape index (κ3) is 3.09. The van der Waals surface area contributed by atoms with Crippen molar-refractivity contribution in [2.75, 3.05) is 7.11 Å². The summed E-state index contributed by atoms with van der Waals surface area (Å²) in [6.07, 6.45) is 3.41. The lowest BCUT2D eigenvalue weighted by molar-refractivity contribution is 0.0931. The molecule has 2 saturated heterocycles. The lowest BCUT2D eigenvalue weighted by atomic mass is 9.95. The number of nitrogens with one attached hydrogen (secondary N) is 2. The summed E-state index contributed by atoms with van der Waals surface area (Å²) in [5, 5.41) is 7.36. The van der Waals surface area contributed by atoms with Gasteiger partial charge in [0.2, 0.25) is 5.88 Å². The average Bonchev–Trinajstić information content (AvgIpc) is 3.32. The first-order valence-corrected chi connectivity index (χ1v) is 8.84. The summed E-state index contributed by atoms with van der Waals surface area (Å²) in [4.78, 5) is 12.4. The molecule has 6 nitrogen and oxygen atoms in total. The number of benzene rings is 1. The van der Waals surface area contributed by atoms with Crippen LogP contribution in [0.25, 0.3) is 0 Å². The highest BCUT2D eigenvalue weighted by atomic mass is 32.1. The van der Waals surface area contributed by atoms with E-state index in [0.717, 1.165) is 12.8 Å². The van der Waals surface area contributed by atoms with Crippen molar-refractivity contribution in [1.82, 2.24) is 15.0 Å². The molecule has 0 spiro atoms. The maximum atomic E-state index is 12.4. The first kappa shape index (κ1) is 15.4. The van der Waals surface area contributed by atoms with Crippen LogP contribution in [-0.2, 0) is 0 Å². The second kappa shape index (κ2) is 6.41. The molecular weight excluding hydrogens is 326 g/mol. The van der Waals surface area contributed by atoms with Crippen LogP contribution in [0.4, 0.5) is 0 Å². The zero-order chi connectivity index (χ0) is 16.5. The molecule has 2 fully saturated rings. The number of nitrogens with zero attached hydrogens (tertiary/aromatic N) is 1. The van der Waals surface area contributed by atoms with E-state index in [1.807, 2.05) is 0 Å². The molecule has 126 valence electrons. The van der Waals surface area contributed by atoms with E-state index in [1.54, 1.807) is 37.4 Å². The van der Waals surface area contributed by atoms with Crippen molar-refractivity contribution in [1.29, 1.82) is 0 Å². The zero-order valence-corrected chi connectivity index (χ0v) is 14.1. The molecule has 2 aromatic rings. The van der Waals surface area contributed by atoms with Crippen molar-refractivity contribution in [3.63, 3.8) is 0 Å². The summed E-state index contributed by atoms with van der Waals surface area (Å²) < 4.78 is 14.9. The summed E-state index contributed by atoms with van der Waals surface area (Å²) in [5.41, 5.74) is 0.640. The van der Waals surface area contributed by atoms with Gasteiger partial charge in [0.05, 0.1) is 13.2 Å². The van der Waals surface area contributed by atoms with E-state index < -0.39 is 0 Å². The Kier molecular flexibility index (Phi) is 4.12. The molecular formula is C17H19N3O3S. The number of rotatable bonds is 5. The fourth-order valence-electron chi connectivity index (χ4n) is 3.42. The van der Waals surface area contributed by atoms with Crippen molar-refractivity contribution in [2.24, 2.45) is 0 Å². The maximum absolute atomic E-state index is 12.4. The van der Waals surface area contributed by atoms with Gasteiger partial charge in [-0.3, -0.25) is 4.79 Å². The summed E-state index contributed by atoms with van der Waals surface area (Å²) in [6, 6.07) is 10.1. The number of amides is 1. The van der Waals surface area contributed by atoms with Gasteiger partial charge in [0.1, 0.15) is 5.75 Å². The van der Waals surface area contributed by atoms with Crippen molar-refractivity contribution in [2.45, 2.75) is 37.4 Å². The van der Waals surface area contributed by atoms with Gasteiger partial charge in [-0.15, -0.1) is 0 Å². The van der Waals surface area contributed by atoms with Gasteiger partial charge in [-0.05, 0) is 43.5 Å². The van der Waals surface area contributed by atoms with E-state index in [-0.39, 0.29) is 11.9 Å². The van der Waals surface area contributed by atoms with Crippen LogP contribution in [0.1, 0.15) is 29.6 Å². The van der Waals surface area contributed by atoms with Gasteiger partial charge in [0.25, 0.3) is 5.91 Å². The molecule has 1 aromatic heterocycles. The molecule has 1 aromatic carbocycles. The van der Waals surface area contributed by atoms with E-state index in [9.17, 15) is 4.79 Å². The van der Waals surface area contributed by atoms with Crippen LogP contribution in [0.2, 0.25) is 0 Å². The molecule has 0 saturated carbocycles. The SMILES string of the molecule is COc1cc(Oc2ccc(C(=O)N[C@@H]3C[C@H]4CC[C@@H]3N4)cc2)ns1. The van der Waals surface area contributed by atoms with Crippen molar-refractivity contribution in [3.8, 4) is 16.7 Å². The summed E-state index contributed by atoms with van der Waals surface area (Å²) in [6.45, 7) is 0. The van der Waals surface area contributed by atoms with Crippen LogP contribution < -0.4 is 20.1 Å². The second-order valence-electron chi connectivity index (χ2n) is 6.18. The number of ether oxygens (including phenoxy) is 2. The number of hydrogen-bond acceptors (Lipinski definition) is 6. The number of aromatic nitrogens is 1. The van der Waals surface area contributed by atoms with Crippen LogP contribution in [-0.4, -0.2) is 35.5 Å². The Morgan fingerprint density at radius 1 is 1.33 bits per heavy atom. The minimum atomic E-state index is -0.0313. The third-order valence-electron chi connectivity index (χ3n) is 4.62. The summed E-state index contributed by atoms with van der Waals surface area (Å²) in [7, 11) is 1.59. The van der Waals surface area contributed by atoms with Crippen LogP contribution >= 0.6 is 11.5 Å². The largest absolute Gasteiger partial charge is 0.486 e. The molecule has 7 heteroatoms. The minimum absolute atomic E-state index is 0.0313. The van der Waals surface area contributed by atoms with Crippen molar-refractivity contribution < 1.29 is 14.3 Å². The molecule has 0 aliphatic carbocycles. The van der Waals surface area contributed by atoms with Crippen LogP contribution in [0.15, 0.2) is 30.3 Å². The van der Waals surface area contributed by atoms with Crippen LogP contribution in [0.3, 0.4) is 0 Å². The fraction of sp³-hybridized carbons (Fsp3) is 0.412. The van der Waals surface area contributed by atoms with Crippen LogP contribution in [0, 0.1) is 0 Å². The molecule has 2 aliphatic rings. The Morgan fingerprint density at radius 3 is 2.79 bits per heavy atom. The molecule has 2 bridgehead atoms. The Morgan fingerprint density at radius 2 is 2.17 bits per heavy atom. The minimum Gasteiger partial charge on any atom is -0.486 e. The monoisotopic (exact) mass is 345 g/mol. The number of methoxy groups -OCH3 is 1. The lowest BCUT2D eigenvalue weighted by Crippen LogP contribution is -2.42. The van der Waals surface area contributed by atoms with Crippen LogP contribution in [0.5, 0.6) is 16.7 Å². The number of hydrogen-bond donors (Lipinski definition) is 2. The molecule has 2 aliphatic heterocycles. The predicted octanol–water partition coefficient (Wildman–Crippen LogP) is 2.57. The van der Waals surface area contributed by atoms with Gasteiger partial charge in [-0.1, -0.05) is 0 Å². The number of carbonyl (C=O) groups excluding carboxylic acids is 1. The topological polar surface area (TPSA) is 72.5 Å². The van der Waals surface area contributed by atoms with Gasteiger partial charge < -0.3 is 20.1 Å². The Hall–Kier alpha value is -2.12. The standard InChI is InChI=1S/C17H19N3O3S/c1-22-16-9-15(20-24-16)23-12-5-2-10(3-6-12)17(21)19-14-8-11-4-7-13(14)18-11/h2-3,5-6,9,11,13-14,18H,4,7-8H2,1H3,(H,19,21)/t11-,13+,14-/m1/s1. The van der Waals surface area contributed by atoms with Crippen molar-refractivity contribution >= 4 is 17.4 Å². The van der Waals surface area contributed by atoms with E-state index >= 15 is 0 Å². The molecule has 4 rings (SSSR count). The van der Waals surface area contributed by atoms with Gasteiger partial charge in [-0.2, -0.15) is 4.37 Å². The van der Waals surface area contributed by atoms with Gasteiger partial charge >= 0.3 is 0 Å². The normalized spacial score (nSPS) is 24.8. The quantitative estimate of drug-likeness (QED) is 0.871. The van der Waals surface area contributed by atoms with Gasteiger partial charge in [0, 0.05) is 35.2 Å². The lowest BCUT2D eigenvalue weighted by Gasteiger charge is -2.21. The Balaban J connectivity index is 1.37. The first-order valence-electron chi connectivity index (χ1n) is 8.07. The average molecular weight is 345 g/mol. The van der Waals surface area contributed by atoms with Gasteiger partial charge in [0.15, 0.2) is 5.06 Å². The Labute approximate surface area is 144 Å². The molecule has 3 heterocycles. The zero-order valence-electron chi connectivity index (χ0n) is 13.3. The smallest absolute Gasteiger partial charge is 0.251 e. The van der Waals surface area contributed by atoms with E-state index in [2.05, 4.69) is 15.0 Å². The first-order chi connectivity index (χ1) is 11.7. The molecule has 0 unspecified atom stereocenters. The molecule has 2 N–H and O–H groups in total. The number of carbonyl (C=O) groups is 1. The maximum Gasteiger partial charge on any atom is 0.251 e. The summed E-state index contributed by atoms with van der Waals surface area (Å²) in [5.74, 6) is 1.10.